The number of hydrogen-bond donors (Lipinski definition) is 0. The second kappa shape index (κ2) is 15.1. The van der Waals surface area contributed by atoms with Gasteiger partial charge in [0.1, 0.15) is 17.2 Å². The van der Waals surface area contributed by atoms with Crippen LogP contribution in [0.5, 0.6) is 17.2 Å². The molecule has 0 fully saturated rings. The van der Waals surface area contributed by atoms with E-state index >= 15 is 0 Å². The molecule has 0 saturated heterocycles. The Kier molecular flexibility index (Phi) is 10.8. The van der Waals surface area contributed by atoms with E-state index in [0.29, 0.717) is 23.7 Å². The van der Waals surface area contributed by atoms with Gasteiger partial charge in [-0.1, -0.05) is 85.8 Å². The minimum absolute atomic E-state index is 0.346. The fourth-order valence-corrected chi connectivity index (χ4v) is 6.27. The molecule has 246 valence electrons. The molecule has 0 aliphatic carbocycles. The lowest BCUT2D eigenvalue weighted by atomic mass is 9.71. The highest BCUT2D eigenvalue weighted by atomic mass is 16.5. The minimum Gasteiger partial charge on any atom is -0.497 e. The molecule has 0 radical (unpaired) electrons. The Morgan fingerprint density at radius 3 is 1.52 bits per heavy atom. The number of carbonyl (C=O) groups is 2. The van der Waals surface area contributed by atoms with E-state index in [1.54, 1.807) is 14.2 Å². The van der Waals surface area contributed by atoms with Crippen LogP contribution in [0.25, 0.3) is 0 Å². The van der Waals surface area contributed by atoms with Gasteiger partial charge in [-0.3, -0.25) is 4.79 Å². The first kappa shape index (κ1) is 34.1. The Morgan fingerprint density at radius 1 is 0.562 bits per heavy atom. The van der Waals surface area contributed by atoms with Crippen molar-refractivity contribution in [1.82, 2.24) is 0 Å². The zero-order valence-corrected chi connectivity index (χ0v) is 28.2. The lowest BCUT2D eigenvalue weighted by molar-refractivity contribution is -0.131. The van der Waals surface area contributed by atoms with Crippen molar-refractivity contribution in [3.8, 4) is 17.2 Å². The predicted octanol–water partition coefficient (Wildman–Crippen LogP) is 8.93. The zero-order chi connectivity index (χ0) is 34.1. The van der Waals surface area contributed by atoms with Gasteiger partial charge in [-0.05, 0) is 96.1 Å². The van der Waals surface area contributed by atoms with Crippen LogP contribution in [0.2, 0.25) is 0 Å². The van der Waals surface area contributed by atoms with Gasteiger partial charge in [-0.2, -0.15) is 0 Å². The van der Waals surface area contributed by atoms with Crippen molar-refractivity contribution in [2.75, 3.05) is 20.8 Å². The summed E-state index contributed by atoms with van der Waals surface area (Å²) in [6.45, 7) is 6.40. The van der Waals surface area contributed by atoms with Crippen molar-refractivity contribution in [3.63, 3.8) is 0 Å². The van der Waals surface area contributed by atoms with Crippen molar-refractivity contribution in [3.05, 3.63) is 161 Å². The Bertz CT molecular complexity index is 1800. The fraction of sp³-hybridized carbons (Fsp3) is 0.238. The highest BCUT2D eigenvalue weighted by molar-refractivity contribution is 5.91. The van der Waals surface area contributed by atoms with Gasteiger partial charge in [0.15, 0.2) is 0 Å². The smallest absolute Gasteiger partial charge is 0.343 e. The topological polar surface area (TPSA) is 71.1 Å². The van der Waals surface area contributed by atoms with E-state index in [4.69, 9.17) is 18.9 Å². The molecule has 6 nitrogen and oxygen atoms in total. The first-order valence-corrected chi connectivity index (χ1v) is 16.1. The molecule has 2 atom stereocenters. The van der Waals surface area contributed by atoms with Gasteiger partial charge in [-0.25, -0.2) is 4.79 Å². The Balaban J connectivity index is 1.35. The summed E-state index contributed by atoms with van der Waals surface area (Å²) in [7, 11) is 3.36. The number of hydrogen-bond acceptors (Lipinski definition) is 6. The fourth-order valence-electron chi connectivity index (χ4n) is 6.27. The van der Waals surface area contributed by atoms with Crippen LogP contribution >= 0.6 is 0 Å². The van der Waals surface area contributed by atoms with E-state index in [9.17, 15) is 9.59 Å². The van der Waals surface area contributed by atoms with Gasteiger partial charge in [0.25, 0.3) is 0 Å². The number of ether oxygens (including phenoxy) is 4. The molecular weight excluding hydrogens is 600 g/mol. The molecule has 0 amide bonds. The third kappa shape index (κ3) is 7.50. The molecule has 0 aliphatic rings. The summed E-state index contributed by atoms with van der Waals surface area (Å²) in [5, 5.41) is 0. The molecule has 0 bridgehead atoms. The Hall–Kier alpha value is -5.20. The monoisotopic (exact) mass is 642 g/mol. The van der Waals surface area contributed by atoms with Crippen LogP contribution in [0.15, 0.2) is 127 Å². The molecule has 0 saturated carbocycles. The largest absolute Gasteiger partial charge is 0.497 e. The Morgan fingerprint density at radius 2 is 1.02 bits per heavy atom. The highest BCUT2D eigenvalue weighted by Crippen LogP contribution is 2.40. The maximum atomic E-state index is 13.3. The lowest BCUT2D eigenvalue weighted by Crippen LogP contribution is -2.25. The SMILES string of the molecule is COCCCC(C)(c1ccc(OC(C)=O)cc1)c1ccc(OC(=O)c2ccc(C(C)(c3ccccc3)c3ccc(OC)cc3)cc2)cc1. The highest BCUT2D eigenvalue weighted by Gasteiger charge is 2.32. The number of carbonyl (C=O) groups excluding carboxylic acids is 2. The van der Waals surface area contributed by atoms with E-state index < -0.39 is 11.4 Å². The number of benzene rings is 5. The molecule has 0 N–H and O–H groups in total. The van der Waals surface area contributed by atoms with Crippen LogP contribution in [0, 0.1) is 0 Å². The van der Waals surface area contributed by atoms with Gasteiger partial charge >= 0.3 is 11.9 Å². The summed E-state index contributed by atoms with van der Waals surface area (Å²) in [5.74, 6) is 0.983. The van der Waals surface area contributed by atoms with E-state index in [0.717, 1.165) is 46.4 Å². The molecule has 5 rings (SSSR count). The molecule has 6 heteroatoms. The van der Waals surface area contributed by atoms with Crippen molar-refractivity contribution in [1.29, 1.82) is 0 Å². The predicted molar refractivity (Wildman–Crippen MR) is 188 cm³/mol. The van der Waals surface area contributed by atoms with Gasteiger partial charge in [0, 0.05) is 31.5 Å². The van der Waals surface area contributed by atoms with Crippen molar-refractivity contribution in [2.24, 2.45) is 0 Å². The maximum Gasteiger partial charge on any atom is 0.343 e. The van der Waals surface area contributed by atoms with E-state index in [1.165, 1.54) is 6.92 Å². The average Bonchev–Trinajstić information content (AvgIpc) is 3.12. The quantitative estimate of drug-likeness (QED) is 0.0553. The normalized spacial score (nSPS) is 13.5. The van der Waals surface area contributed by atoms with E-state index in [1.807, 2.05) is 103 Å². The first-order chi connectivity index (χ1) is 23.2. The summed E-state index contributed by atoms with van der Waals surface area (Å²) in [4.78, 5) is 24.7. The van der Waals surface area contributed by atoms with Crippen LogP contribution in [0.3, 0.4) is 0 Å². The van der Waals surface area contributed by atoms with E-state index in [-0.39, 0.29) is 11.4 Å². The second-order valence-corrected chi connectivity index (χ2v) is 12.3. The molecule has 5 aromatic rings. The van der Waals surface area contributed by atoms with Crippen molar-refractivity contribution < 1.29 is 28.5 Å². The summed E-state index contributed by atoms with van der Waals surface area (Å²) in [6, 6.07) is 41.3. The molecule has 0 heterocycles. The Labute approximate surface area is 283 Å². The summed E-state index contributed by atoms with van der Waals surface area (Å²) < 4.78 is 21.8. The summed E-state index contributed by atoms with van der Waals surface area (Å²) in [6.07, 6.45) is 1.69. The number of esters is 2. The molecule has 2 unspecified atom stereocenters. The molecule has 0 aliphatic heterocycles. The standard InChI is InChI=1S/C42H42O6/c1-30(43)47-38-24-16-32(17-25-38)41(2,28-9-29-45-4)33-18-26-39(27-19-33)48-40(44)31-12-14-35(15-13-31)42(3,34-10-7-6-8-11-34)36-20-22-37(46-5)23-21-36/h6-8,10-27H,9,28-29H2,1-5H3. The lowest BCUT2D eigenvalue weighted by Gasteiger charge is -2.32. The maximum absolute atomic E-state index is 13.3. The summed E-state index contributed by atoms with van der Waals surface area (Å²) >= 11 is 0. The van der Waals surface area contributed by atoms with Crippen LogP contribution in [0.1, 0.15) is 71.8 Å². The van der Waals surface area contributed by atoms with E-state index in [2.05, 4.69) is 38.1 Å². The molecule has 5 aromatic carbocycles. The van der Waals surface area contributed by atoms with Gasteiger partial charge in [0.2, 0.25) is 0 Å². The van der Waals surface area contributed by atoms with Crippen LogP contribution < -0.4 is 14.2 Å². The minimum atomic E-state index is -0.456. The van der Waals surface area contributed by atoms with Crippen LogP contribution in [-0.2, 0) is 20.4 Å². The van der Waals surface area contributed by atoms with Gasteiger partial charge in [0.05, 0.1) is 12.7 Å². The second-order valence-electron chi connectivity index (χ2n) is 12.3. The van der Waals surface area contributed by atoms with Gasteiger partial charge < -0.3 is 18.9 Å². The third-order valence-corrected chi connectivity index (χ3v) is 9.20. The van der Waals surface area contributed by atoms with Gasteiger partial charge in [-0.15, -0.1) is 0 Å². The summed E-state index contributed by atoms with van der Waals surface area (Å²) in [5.41, 5.74) is 5.11. The average molecular weight is 643 g/mol. The molecular formula is C42H42O6. The van der Waals surface area contributed by atoms with Crippen molar-refractivity contribution >= 4 is 11.9 Å². The van der Waals surface area contributed by atoms with Crippen LogP contribution in [0.4, 0.5) is 0 Å². The first-order valence-electron chi connectivity index (χ1n) is 16.1. The number of methoxy groups -OCH3 is 2. The third-order valence-electron chi connectivity index (χ3n) is 9.20. The zero-order valence-electron chi connectivity index (χ0n) is 28.2. The molecule has 48 heavy (non-hydrogen) atoms. The number of rotatable bonds is 13. The molecule has 0 aromatic heterocycles. The van der Waals surface area contributed by atoms with Crippen molar-refractivity contribution in [2.45, 2.75) is 44.4 Å². The van der Waals surface area contributed by atoms with Crippen LogP contribution in [-0.4, -0.2) is 32.8 Å². The molecule has 0 spiro atoms.